The van der Waals surface area contributed by atoms with Crippen LogP contribution >= 0.6 is 11.8 Å². The molecule has 0 spiro atoms. The van der Waals surface area contributed by atoms with Crippen molar-refractivity contribution in [1.82, 2.24) is 9.88 Å². The first-order valence-electron chi connectivity index (χ1n) is 6.41. The molecule has 0 fully saturated rings. The smallest absolute Gasteiger partial charge is 0.321 e. The maximum atomic E-state index is 11.2. The fraction of sp³-hybridized carbons (Fsp3) is 0.429. The molecule has 0 aliphatic carbocycles. The number of terminal acetylenes is 1. The van der Waals surface area contributed by atoms with Gasteiger partial charge in [0.1, 0.15) is 6.04 Å². The predicted octanol–water partition coefficient (Wildman–Crippen LogP) is 0.872. The maximum absolute atomic E-state index is 11.2. The van der Waals surface area contributed by atoms with Gasteiger partial charge in [0, 0.05) is 18.0 Å². The first-order valence-corrected chi connectivity index (χ1v) is 7.46. The van der Waals surface area contributed by atoms with Crippen LogP contribution in [0.25, 0.3) is 0 Å². The van der Waals surface area contributed by atoms with E-state index in [0.29, 0.717) is 12.2 Å². The Balaban J connectivity index is 2.72. The van der Waals surface area contributed by atoms with E-state index in [1.165, 1.54) is 24.0 Å². The third-order valence-electron chi connectivity index (χ3n) is 2.81. The molecule has 0 saturated carbocycles. The van der Waals surface area contributed by atoms with E-state index in [2.05, 4.69) is 11.2 Å². The topological polar surface area (TPSA) is 91.6 Å². The fourth-order valence-corrected chi connectivity index (χ4v) is 2.90. The van der Waals surface area contributed by atoms with E-state index in [1.807, 2.05) is 6.92 Å². The van der Waals surface area contributed by atoms with Gasteiger partial charge in [-0.25, -0.2) is 0 Å². The van der Waals surface area contributed by atoms with E-state index in [4.69, 9.17) is 11.5 Å². The minimum atomic E-state index is -0.963. The molecule has 114 valence electrons. The fourth-order valence-electron chi connectivity index (χ4n) is 1.69. The van der Waals surface area contributed by atoms with Crippen molar-refractivity contribution in [1.29, 1.82) is 0 Å². The maximum Gasteiger partial charge on any atom is 0.321 e. The molecule has 1 aromatic heterocycles. The Kier molecular flexibility index (Phi) is 6.85. The quantitative estimate of drug-likeness (QED) is 0.617. The van der Waals surface area contributed by atoms with Crippen LogP contribution in [0, 0.1) is 12.3 Å². The second-order valence-corrected chi connectivity index (χ2v) is 5.52. The Bertz CT molecular complexity index is 579. The SMILES string of the molecule is C#CCN[C@@H](CSC(CC)n1ccc(=O)c(O)c1)C(=O)O. The summed E-state index contributed by atoms with van der Waals surface area (Å²) in [5.41, 5.74) is -0.440. The average Bonchev–Trinajstić information content (AvgIpc) is 2.45. The lowest BCUT2D eigenvalue weighted by Gasteiger charge is -2.21. The van der Waals surface area contributed by atoms with Gasteiger partial charge in [-0.05, 0) is 6.42 Å². The van der Waals surface area contributed by atoms with Gasteiger partial charge in [0.15, 0.2) is 5.75 Å². The van der Waals surface area contributed by atoms with Crippen LogP contribution in [0.5, 0.6) is 5.75 Å². The second kappa shape index (κ2) is 8.39. The van der Waals surface area contributed by atoms with Crippen LogP contribution in [0.15, 0.2) is 23.3 Å². The van der Waals surface area contributed by atoms with Gasteiger partial charge in [-0.15, -0.1) is 18.2 Å². The van der Waals surface area contributed by atoms with Gasteiger partial charge in [0.25, 0.3) is 0 Å². The predicted molar refractivity (Wildman–Crippen MR) is 82.4 cm³/mol. The molecular weight excluding hydrogens is 292 g/mol. The van der Waals surface area contributed by atoms with Crippen molar-refractivity contribution in [2.75, 3.05) is 12.3 Å². The van der Waals surface area contributed by atoms with Crippen LogP contribution in [-0.2, 0) is 4.79 Å². The lowest BCUT2D eigenvalue weighted by Crippen LogP contribution is -2.39. The van der Waals surface area contributed by atoms with Gasteiger partial charge in [0.05, 0.1) is 18.1 Å². The lowest BCUT2D eigenvalue weighted by atomic mass is 10.3. The van der Waals surface area contributed by atoms with Crippen molar-refractivity contribution in [3.63, 3.8) is 0 Å². The van der Waals surface area contributed by atoms with Gasteiger partial charge in [0.2, 0.25) is 5.43 Å². The van der Waals surface area contributed by atoms with Gasteiger partial charge in [-0.3, -0.25) is 14.9 Å². The highest BCUT2D eigenvalue weighted by molar-refractivity contribution is 7.99. The summed E-state index contributed by atoms with van der Waals surface area (Å²) in [6, 6.07) is 0.539. The molecular formula is C14H18N2O4S. The number of carboxylic acids is 1. The van der Waals surface area contributed by atoms with E-state index in [0.717, 1.165) is 0 Å². The molecule has 1 rings (SSSR count). The highest BCUT2D eigenvalue weighted by atomic mass is 32.2. The summed E-state index contributed by atoms with van der Waals surface area (Å²) in [6.45, 7) is 2.13. The molecule has 1 heterocycles. The Morgan fingerprint density at radius 2 is 2.33 bits per heavy atom. The van der Waals surface area contributed by atoms with E-state index in [1.54, 1.807) is 10.8 Å². The van der Waals surface area contributed by atoms with Crippen molar-refractivity contribution < 1.29 is 15.0 Å². The van der Waals surface area contributed by atoms with Crippen LogP contribution in [-0.4, -0.2) is 39.1 Å². The van der Waals surface area contributed by atoms with Crippen LogP contribution in [0.1, 0.15) is 18.7 Å². The Hall–Kier alpha value is -1.91. The number of rotatable bonds is 8. The molecule has 1 unspecified atom stereocenters. The number of nitrogens with one attached hydrogen (secondary N) is 1. The molecule has 0 bridgehead atoms. The van der Waals surface area contributed by atoms with Crippen LogP contribution in [0.2, 0.25) is 0 Å². The molecule has 0 amide bonds. The molecule has 0 saturated heterocycles. The lowest BCUT2D eigenvalue weighted by molar-refractivity contribution is -0.138. The molecule has 2 atom stereocenters. The molecule has 0 aliphatic heterocycles. The number of hydrogen-bond acceptors (Lipinski definition) is 5. The van der Waals surface area contributed by atoms with E-state index in [9.17, 15) is 14.7 Å². The summed E-state index contributed by atoms with van der Waals surface area (Å²) in [5.74, 6) is 1.38. The molecule has 7 heteroatoms. The summed E-state index contributed by atoms with van der Waals surface area (Å²) in [4.78, 5) is 22.3. The van der Waals surface area contributed by atoms with Gasteiger partial charge in [-0.1, -0.05) is 12.8 Å². The molecule has 21 heavy (non-hydrogen) atoms. The zero-order valence-electron chi connectivity index (χ0n) is 11.7. The Morgan fingerprint density at radius 1 is 1.62 bits per heavy atom. The number of aromatic nitrogens is 1. The van der Waals surface area contributed by atoms with E-state index in [-0.39, 0.29) is 17.7 Å². The second-order valence-electron chi connectivity index (χ2n) is 4.31. The molecule has 0 aliphatic rings. The van der Waals surface area contributed by atoms with E-state index < -0.39 is 17.4 Å². The number of aliphatic carboxylic acids is 1. The monoisotopic (exact) mass is 310 g/mol. The molecule has 1 aromatic rings. The van der Waals surface area contributed by atoms with Crippen molar-refractivity contribution >= 4 is 17.7 Å². The highest BCUT2D eigenvalue weighted by Crippen LogP contribution is 2.27. The zero-order valence-corrected chi connectivity index (χ0v) is 12.5. The van der Waals surface area contributed by atoms with Crippen LogP contribution in [0.3, 0.4) is 0 Å². The summed E-state index contributed by atoms with van der Waals surface area (Å²) in [6.07, 6.45) is 8.76. The number of aromatic hydroxyl groups is 1. The minimum Gasteiger partial charge on any atom is -0.503 e. The number of hydrogen-bond donors (Lipinski definition) is 3. The molecule has 0 aromatic carbocycles. The van der Waals surface area contributed by atoms with Crippen LogP contribution in [0.4, 0.5) is 0 Å². The number of pyridine rings is 1. The van der Waals surface area contributed by atoms with Gasteiger partial charge in [-0.2, -0.15) is 0 Å². The first kappa shape index (κ1) is 17.1. The Labute approximate surface area is 127 Å². The van der Waals surface area contributed by atoms with Crippen molar-refractivity contribution in [2.24, 2.45) is 0 Å². The summed E-state index contributed by atoms with van der Waals surface area (Å²) in [7, 11) is 0. The standard InChI is InChI=1S/C14H18N2O4S/c1-3-6-15-10(14(19)20)9-21-13(4-2)16-7-5-11(17)12(18)8-16/h1,5,7-8,10,13,15,18H,4,6,9H2,2H3,(H,19,20)/t10-,13?/m0/s1. The summed E-state index contributed by atoms with van der Waals surface area (Å²) >= 11 is 1.41. The largest absolute Gasteiger partial charge is 0.503 e. The highest BCUT2D eigenvalue weighted by Gasteiger charge is 2.19. The van der Waals surface area contributed by atoms with Crippen molar-refractivity contribution in [3.8, 4) is 18.1 Å². The Morgan fingerprint density at radius 3 is 2.86 bits per heavy atom. The number of thioether (sulfide) groups is 1. The molecule has 0 radical (unpaired) electrons. The van der Waals surface area contributed by atoms with Crippen LogP contribution < -0.4 is 10.7 Å². The summed E-state index contributed by atoms with van der Waals surface area (Å²) in [5, 5.41) is 21.2. The molecule has 6 nitrogen and oxygen atoms in total. The average molecular weight is 310 g/mol. The third kappa shape index (κ3) is 5.17. The third-order valence-corrected chi connectivity index (χ3v) is 4.29. The minimum absolute atomic E-state index is 0.0778. The molecule has 3 N–H and O–H groups in total. The van der Waals surface area contributed by atoms with Gasteiger partial charge < -0.3 is 14.8 Å². The van der Waals surface area contributed by atoms with Crippen molar-refractivity contribution in [2.45, 2.75) is 24.8 Å². The normalized spacial score (nSPS) is 13.3. The van der Waals surface area contributed by atoms with Gasteiger partial charge >= 0.3 is 5.97 Å². The van der Waals surface area contributed by atoms with Crippen molar-refractivity contribution in [3.05, 3.63) is 28.7 Å². The number of nitrogens with zero attached hydrogens (tertiary/aromatic N) is 1. The number of carbonyl (C=O) groups is 1. The first-order chi connectivity index (χ1) is 9.99. The van der Waals surface area contributed by atoms with E-state index >= 15 is 0 Å². The number of carboxylic acid groups (broad SMARTS) is 1. The summed E-state index contributed by atoms with van der Waals surface area (Å²) < 4.78 is 1.70. The zero-order chi connectivity index (χ0) is 15.8.